The summed E-state index contributed by atoms with van der Waals surface area (Å²) in [5.74, 6) is -0.107. The second-order valence-electron chi connectivity index (χ2n) is 8.24. The number of carbonyl (C=O) groups is 3. The van der Waals surface area contributed by atoms with Gasteiger partial charge in [0.05, 0.1) is 11.8 Å². The van der Waals surface area contributed by atoms with Gasteiger partial charge in [-0.1, -0.05) is 40.2 Å². The van der Waals surface area contributed by atoms with Crippen molar-refractivity contribution in [3.63, 3.8) is 0 Å². The van der Waals surface area contributed by atoms with E-state index in [-0.39, 0.29) is 24.0 Å². The molecular formula is C29H20BrN3O6. The number of amides is 2. The van der Waals surface area contributed by atoms with E-state index in [1.807, 2.05) is 6.07 Å². The van der Waals surface area contributed by atoms with Crippen molar-refractivity contribution >= 4 is 45.6 Å². The average Bonchev–Trinajstić information content (AvgIpc) is 3.43. The van der Waals surface area contributed by atoms with Crippen LogP contribution >= 0.6 is 15.9 Å². The van der Waals surface area contributed by atoms with E-state index in [0.717, 1.165) is 4.47 Å². The third-order valence-electron chi connectivity index (χ3n) is 5.57. The van der Waals surface area contributed by atoms with Crippen LogP contribution in [0.4, 0.5) is 5.69 Å². The molecule has 0 radical (unpaired) electrons. The molecule has 4 aromatic carbocycles. The molecule has 0 saturated carbocycles. The summed E-state index contributed by atoms with van der Waals surface area (Å²) >= 11 is 3.39. The summed E-state index contributed by atoms with van der Waals surface area (Å²) in [6.45, 7) is 0.0967. The molecule has 2 N–H and O–H groups in total. The Balaban J connectivity index is 1.25. The average molecular weight is 586 g/mol. The number of rotatable bonds is 7. The molecule has 1 aliphatic heterocycles. The SMILES string of the molecule is O=C(NN=Cc1cc(Br)ccc1OC(=O)c1ccc2c(c1)OCO2)c1cccc(NC(=O)c2ccccc2)c1. The molecule has 0 unspecified atom stereocenters. The van der Waals surface area contributed by atoms with Gasteiger partial charge in [-0.2, -0.15) is 5.10 Å². The molecule has 0 spiro atoms. The van der Waals surface area contributed by atoms with Gasteiger partial charge in [-0.15, -0.1) is 0 Å². The first-order valence-electron chi connectivity index (χ1n) is 11.7. The lowest BCUT2D eigenvalue weighted by Gasteiger charge is -2.09. The predicted molar refractivity (Wildman–Crippen MR) is 148 cm³/mol. The molecule has 1 heterocycles. The highest BCUT2D eigenvalue weighted by Gasteiger charge is 2.18. The Bertz CT molecular complexity index is 1590. The standard InChI is InChI=1S/C29H20BrN3O6/c30-22-10-12-24(39-29(36)20-9-11-25-26(15-20)38-17-37-25)21(13-22)16-31-33-28(35)19-7-4-8-23(14-19)32-27(34)18-5-2-1-3-6-18/h1-16H,17H2,(H,32,34)(H,33,35). The molecule has 5 rings (SSSR count). The quantitative estimate of drug-likeness (QED) is 0.130. The molecule has 0 aliphatic carbocycles. The minimum atomic E-state index is -0.594. The summed E-state index contributed by atoms with van der Waals surface area (Å²) in [7, 11) is 0. The fourth-order valence-electron chi connectivity index (χ4n) is 3.65. The Kier molecular flexibility index (Phi) is 7.65. The zero-order valence-corrected chi connectivity index (χ0v) is 21.8. The van der Waals surface area contributed by atoms with Crippen molar-refractivity contribution in [1.29, 1.82) is 0 Å². The lowest BCUT2D eigenvalue weighted by Crippen LogP contribution is -2.18. The van der Waals surface area contributed by atoms with E-state index in [1.54, 1.807) is 84.9 Å². The zero-order chi connectivity index (χ0) is 27.2. The minimum absolute atomic E-state index is 0.0967. The van der Waals surface area contributed by atoms with Crippen LogP contribution in [0.5, 0.6) is 17.2 Å². The first-order valence-corrected chi connectivity index (χ1v) is 12.5. The highest BCUT2D eigenvalue weighted by atomic mass is 79.9. The van der Waals surface area contributed by atoms with Gasteiger partial charge < -0.3 is 19.5 Å². The van der Waals surface area contributed by atoms with Crippen LogP contribution in [0.3, 0.4) is 0 Å². The molecule has 10 heteroatoms. The third kappa shape index (κ3) is 6.31. The van der Waals surface area contributed by atoms with Crippen LogP contribution in [-0.4, -0.2) is 30.8 Å². The summed E-state index contributed by atoms with van der Waals surface area (Å²) < 4.78 is 16.9. The molecule has 0 bridgehead atoms. The summed E-state index contributed by atoms with van der Waals surface area (Å²) in [5, 5.41) is 6.79. The smallest absolute Gasteiger partial charge is 0.343 e. The zero-order valence-electron chi connectivity index (χ0n) is 20.2. The Morgan fingerprint density at radius 1 is 0.795 bits per heavy atom. The molecule has 0 atom stereocenters. The van der Waals surface area contributed by atoms with E-state index in [2.05, 4.69) is 31.8 Å². The second kappa shape index (κ2) is 11.6. The van der Waals surface area contributed by atoms with Crippen molar-refractivity contribution in [3.05, 3.63) is 118 Å². The number of hydrogen-bond acceptors (Lipinski definition) is 7. The molecule has 194 valence electrons. The summed E-state index contributed by atoms with van der Waals surface area (Å²) in [4.78, 5) is 37.9. The van der Waals surface area contributed by atoms with E-state index in [4.69, 9.17) is 14.2 Å². The largest absolute Gasteiger partial charge is 0.454 e. The number of fused-ring (bicyclic) bond motifs is 1. The van der Waals surface area contributed by atoms with Gasteiger partial charge >= 0.3 is 5.97 Å². The molecule has 9 nitrogen and oxygen atoms in total. The topological polar surface area (TPSA) is 115 Å². The third-order valence-corrected chi connectivity index (χ3v) is 6.06. The van der Waals surface area contributed by atoms with Crippen LogP contribution < -0.4 is 25.0 Å². The molecular weight excluding hydrogens is 566 g/mol. The number of carbonyl (C=O) groups excluding carboxylic acids is 3. The van der Waals surface area contributed by atoms with E-state index < -0.39 is 11.9 Å². The fraction of sp³-hybridized carbons (Fsp3) is 0.0345. The molecule has 0 saturated heterocycles. The Labute approximate surface area is 231 Å². The Hall–Kier alpha value is -4.96. The molecule has 2 amide bonds. The fourth-order valence-corrected chi connectivity index (χ4v) is 4.03. The van der Waals surface area contributed by atoms with Crippen LogP contribution in [0.15, 0.2) is 101 Å². The number of esters is 1. The molecule has 0 aromatic heterocycles. The van der Waals surface area contributed by atoms with Gasteiger partial charge in [0.25, 0.3) is 11.8 Å². The van der Waals surface area contributed by atoms with Crippen molar-refractivity contribution in [1.82, 2.24) is 5.43 Å². The maximum absolute atomic E-state index is 12.7. The predicted octanol–water partition coefficient (Wildman–Crippen LogP) is 5.41. The lowest BCUT2D eigenvalue weighted by atomic mass is 10.1. The van der Waals surface area contributed by atoms with Gasteiger partial charge in [0.15, 0.2) is 11.5 Å². The van der Waals surface area contributed by atoms with Crippen LogP contribution in [-0.2, 0) is 0 Å². The van der Waals surface area contributed by atoms with Crippen molar-refractivity contribution in [3.8, 4) is 17.2 Å². The van der Waals surface area contributed by atoms with E-state index in [0.29, 0.717) is 33.9 Å². The van der Waals surface area contributed by atoms with Gasteiger partial charge in [-0.05, 0) is 66.7 Å². The number of hydrogen-bond donors (Lipinski definition) is 2. The first kappa shape index (κ1) is 25.7. The van der Waals surface area contributed by atoms with E-state index in [1.165, 1.54) is 6.21 Å². The summed E-state index contributed by atoms with van der Waals surface area (Å²) in [5.41, 5.74) is 4.44. The molecule has 39 heavy (non-hydrogen) atoms. The highest BCUT2D eigenvalue weighted by Crippen LogP contribution is 2.33. The number of ether oxygens (including phenoxy) is 3. The number of halogens is 1. The Morgan fingerprint density at radius 3 is 2.44 bits per heavy atom. The van der Waals surface area contributed by atoms with Crippen molar-refractivity contribution in [2.24, 2.45) is 5.10 Å². The molecule has 0 fully saturated rings. The van der Waals surface area contributed by atoms with Crippen molar-refractivity contribution < 1.29 is 28.6 Å². The van der Waals surface area contributed by atoms with Gasteiger partial charge in [0.1, 0.15) is 5.75 Å². The van der Waals surface area contributed by atoms with Crippen LogP contribution in [0.25, 0.3) is 0 Å². The monoisotopic (exact) mass is 585 g/mol. The van der Waals surface area contributed by atoms with E-state index >= 15 is 0 Å². The van der Waals surface area contributed by atoms with Crippen molar-refractivity contribution in [2.45, 2.75) is 0 Å². The maximum atomic E-state index is 12.7. The number of anilines is 1. The van der Waals surface area contributed by atoms with Crippen molar-refractivity contribution in [2.75, 3.05) is 12.1 Å². The molecule has 4 aromatic rings. The van der Waals surface area contributed by atoms with Crippen LogP contribution in [0.1, 0.15) is 36.6 Å². The number of hydrazone groups is 1. The highest BCUT2D eigenvalue weighted by molar-refractivity contribution is 9.10. The summed E-state index contributed by atoms with van der Waals surface area (Å²) in [6.07, 6.45) is 1.37. The van der Waals surface area contributed by atoms with Crippen LogP contribution in [0, 0.1) is 0 Å². The number of benzene rings is 4. The Morgan fingerprint density at radius 2 is 1.59 bits per heavy atom. The van der Waals surface area contributed by atoms with Gasteiger partial charge in [-0.25, -0.2) is 10.2 Å². The number of nitrogens with one attached hydrogen (secondary N) is 2. The first-order chi connectivity index (χ1) is 19.0. The van der Waals surface area contributed by atoms with E-state index in [9.17, 15) is 14.4 Å². The van der Waals surface area contributed by atoms with Gasteiger partial charge in [0, 0.05) is 26.9 Å². The summed E-state index contributed by atoms with van der Waals surface area (Å²) in [6, 6.07) is 25.0. The van der Waals surface area contributed by atoms with Gasteiger partial charge in [-0.3, -0.25) is 9.59 Å². The van der Waals surface area contributed by atoms with Crippen LogP contribution in [0.2, 0.25) is 0 Å². The maximum Gasteiger partial charge on any atom is 0.343 e. The lowest BCUT2D eigenvalue weighted by molar-refractivity contribution is 0.0733. The second-order valence-corrected chi connectivity index (χ2v) is 9.16. The van der Waals surface area contributed by atoms with Gasteiger partial charge in [0.2, 0.25) is 6.79 Å². The minimum Gasteiger partial charge on any atom is -0.454 e. The number of nitrogens with zero attached hydrogens (tertiary/aromatic N) is 1. The normalized spacial score (nSPS) is 11.7. The molecule has 1 aliphatic rings.